The Morgan fingerprint density at radius 2 is 2.17 bits per heavy atom. The molecule has 98 valence electrons. The average molecular weight is 266 g/mol. The Morgan fingerprint density at radius 3 is 2.83 bits per heavy atom. The summed E-state index contributed by atoms with van der Waals surface area (Å²) in [5.74, 6) is 1.31. The van der Waals surface area contributed by atoms with Gasteiger partial charge < -0.3 is 9.64 Å². The number of aromatic nitrogens is 1. The molecule has 1 aromatic rings. The molecule has 1 aromatic heterocycles. The maximum Gasteiger partial charge on any atom is 0.357 e. The molecule has 2 aliphatic rings. The fourth-order valence-electron chi connectivity index (χ4n) is 3.20. The van der Waals surface area contributed by atoms with E-state index in [0.717, 1.165) is 30.1 Å². The summed E-state index contributed by atoms with van der Waals surface area (Å²) in [7, 11) is 1.40. The van der Waals surface area contributed by atoms with Gasteiger partial charge in [-0.25, -0.2) is 9.78 Å². The zero-order valence-electron chi connectivity index (χ0n) is 10.6. The van der Waals surface area contributed by atoms with E-state index in [2.05, 4.69) is 9.88 Å². The molecule has 0 amide bonds. The Morgan fingerprint density at radius 1 is 1.44 bits per heavy atom. The van der Waals surface area contributed by atoms with Gasteiger partial charge in [-0.1, -0.05) is 6.42 Å². The Hall–Kier alpha value is -1.10. The monoisotopic (exact) mass is 266 g/mol. The van der Waals surface area contributed by atoms with Crippen molar-refractivity contribution < 1.29 is 9.53 Å². The first-order valence-corrected chi connectivity index (χ1v) is 7.43. The van der Waals surface area contributed by atoms with Gasteiger partial charge in [0, 0.05) is 18.5 Å². The van der Waals surface area contributed by atoms with Crippen LogP contribution in [0.5, 0.6) is 0 Å². The van der Waals surface area contributed by atoms with Gasteiger partial charge in [-0.15, -0.1) is 11.3 Å². The minimum absolute atomic E-state index is 0.338. The first kappa shape index (κ1) is 12.0. The molecule has 4 nitrogen and oxygen atoms in total. The molecule has 18 heavy (non-hydrogen) atoms. The van der Waals surface area contributed by atoms with Crippen LogP contribution in [-0.4, -0.2) is 31.2 Å². The quantitative estimate of drug-likeness (QED) is 0.772. The van der Waals surface area contributed by atoms with E-state index in [9.17, 15) is 4.79 Å². The number of carbonyl (C=O) groups is 1. The third kappa shape index (κ3) is 2.23. The van der Waals surface area contributed by atoms with E-state index in [4.69, 9.17) is 4.74 Å². The molecule has 3 rings (SSSR count). The van der Waals surface area contributed by atoms with Gasteiger partial charge in [0.05, 0.1) is 7.11 Å². The lowest BCUT2D eigenvalue weighted by molar-refractivity contribution is 0.0595. The maximum atomic E-state index is 11.4. The Balaban J connectivity index is 1.74. The molecule has 0 spiro atoms. The standard InChI is InChI=1S/C13H18N2O2S/c1-17-12(16)11-8-18-13(14-11)15-6-9-3-2-4-10(5-9)7-15/h8-10H,2-7H2,1H3. The molecule has 2 unspecified atom stereocenters. The highest BCUT2D eigenvalue weighted by molar-refractivity contribution is 7.13. The first-order chi connectivity index (χ1) is 8.76. The number of rotatable bonds is 2. The zero-order valence-corrected chi connectivity index (χ0v) is 11.4. The predicted octanol–water partition coefficient (Wildman–Crippen LogP) is 2.56. The Labute approximate surface area is 111 Å². The molecule has 0 N–H and O–H groups in total. The van der Waals surface area contributed by atoms with Crippen LogP contribution in [0.15, 0.2) is 5.38 Å². The van der Waals surface area contributed by atoms with Gasteiger partial charge in [0.15, 0.2) is 10.8 Å². The van der Waals surface area contributed by atoms with Crippen LogP contribution >= 0.6 is 11.3 Å². The summed E-state index contributed by atoms with van der Waals surface area (Å²) < 4.78 is 4.70. The van der Waals surface area contributed by atoms with Gasteiger partial charge in [0.25, 0.3) is 0 Å². The highest BCUT2D eigenvalue weighted by Crippen LogP contribution is 2.37. The van der Waals surface area contributed by atoms with Crippen molar-refractivity contribution in [3.8, 4) is 0 Å². The van der Waals surface area contributed by atoms with E-state index in [1.165, 1.54) is 32.8 Å². The van der Waals surface area contributed by atoms with Gasteiger partial charge in [-0.2, -0.15) is 0 Å². The Bertz CT molecular complexity index is 434. The molecule has 2 bridgehead atoms. The summed E-state index contributed by atoms with van der Waals surface area (Å²) in [5, 5.41) is 2.78. The van der Waals surface area contributed by atoms with Crippen LogP contribution in [-0.2, 0) is 4.74 Å². The highest BCUT2D eigenvalue weighted by Gasteiger charge is 2.31. The lowest BCUT2D eigenvalue weighted by Gasteiger charge is -2.41. The van der Waals surface area contributed by atoms with Crippen LogP contribution in [0.2, 0.25) is 0 Å². The van der Waals surface area contributed by atoms with Crippen molar-refractivity contribution in [3.05, 3.63) is 11.1 Å². The second kappa shape index (κ2) is 4.88. The number of carbonyl (C=O) groups excluding carboxylic acids is 1. The Kier molecular flexibility index (Phi) is 3.24. The van der Waals surface area contributed by atoms with Crippen molar-refractivity contribution in [3.63, 3.8) is 0 Å². The van der Waals surface area contributed by atoms with Crippen LogP contribution in [0.25, 0.3) is 0 Å². The van der Waals surface area contributed by atoms with E-state index >= 15 is 0 Å². The summed E-state index contributed by atoms with van der Waals surface area (Å²) in [5.41, 5.74) is 0.438. The minimum atomic E-state index is -0.338. The van der Waals surface area contributed by atoms with Crippen molar-refractivity contribution >= 4 is 22.4 Å². The van der Waals surface area contributed by atoms with Gasteiger partial charge in [-0.05, 0) is 31.1 Å². The fraction of sp³-hybridized carbons (Fsp3) is 0.692. The van der Waals surface area contributed by atoms with Crippen molar-refractivity contribution in [1.82, 2.24) is 4.98 Å². The van der Waals surface area contributed by atoms with Gasteiger partial charge >= 0.3 is 5.97 Å². The number of fused-ring (bicyclic) bond motifs is 2. The predicted molar refractivity (Wildman–Crippen MR) is 71.1 cm³/mol. The van der Waals surface area contributed by atoms with E-state index in [-0.39, 0.29) is 5.97 Å². The number of thiazole rings is 1. The number of piperidine rings is 1. The van der Waals surface area contributed by atoms with Gasteiger partial charge in [-0.3, -0.25) is 0 Å². The summed E-state index contributed by atoms with van der Waals surface area (Å²) in [4.78, 5) is 18.2. The molecule has 1 aliphatic heterocycles. The zero-order chi connectivity index (χ0) is 12.5. The number of ether oxygens (including phenoxy) is 1. The molecule has 0 aromatic carbocycles. The van der Waals surface area contributed by atoms with Crippen LogP contribution in [0.3, 0.4) is 0 Å². The van der Waals surface area contributed by atoms with Crippen molar-refractivity contribution in [2.24, 2.45) is 11.8 Å². The van der Waals surface area contributed by atoms with E-state index < -0.39 is 0 Å². The maximum absolute atomic E-state index is 11.4. The summed E-state index contributed by atoms with van der Waals surface area (Å²) >= 11 is 1.55. The minimum Gasteiger partial charge on any atom is -0.464 e. The molecule has 2 atom stereocenters. The number of nitrogens with zero attached hydrogens (tertiary/aromatic N) is 2. The summed E-state index contributed by atoms with van der Waals surface area (Å²) in [6.07, 6.45) is 5.46. The molecular weight excluding hydrogens is 248 g/mol. The molecule has 1 saturated heterocycles. The van der Waals surface area contributed by atoms with Gasteiger partial charge in [0.1, 0.15) is 0 Å². The largest absolute Gasteiger partial charge is 0.464 e. The third-order valence-electron chi connectivity index (χ3n) is 4.01. The highest BCUT2D eigenvalue weighted by atomic mass is 32.1. The lowest BCUT2D eigenvalue weighted by Crippen LogP contribution is -2.42. The van der Waals surface area contributed by atoms with Crippen LogP contribution in [0.1, 0.15) is 36.2 Å². The molecule has 0 radical (unpaired) electrons. The van der Waals surface area contributed by atoms with E-state index in [1.54, 1.807) is 16.7 Å². The molecule has 2 fully saturated rings. The van der Waals surface area contributed by atoms with Gasteiger partial charge in [0.2, 0.25) is 0 Å². The van der Waals surface area contributed by atoms with Crippen LogP contribution < -0.4 is 4.90 Å². The second-order valence-electron chi connectivity index (χ2n) is 5.31. The molecule has 1 saturated carbocycles. The first-order valence-electron chi connectivity index (χ1n) is 6.55. The van der Waals surface area contributed by atoms with Crippen LogP contribution in [0, 0.1) is 11.8 Å². The molecule has 2 heterocycles. The number of esters is 1. The van der Waals surface area contributed by atoms with Crippen molar-refractivity contribution in [1.29, 1.82) is 0 Å². The SMILES string of the molecule is COC(=O)c1csc(N2CC3CCCC(C3)C2)n1. The van der Waals surface area contributed by atoms with E-state index in [1.807, 2.05) is 0 Å². The average Bonchev–Trinajstić information content (AvgIpc) is 2.87. The number of hydrogen-bond donors (Lipinski definition) is 0. The fourth-order valence-corrected chi connectivity index (χ4v) is 4.01. The lowest BCUT2D eigenvalue weighted by atomic mass is 9.78. The van der Waals surface area contributed by atoms with Crippen molar-refractivity contribution in [2.75, 3.05) is 25.1 Å². The molecular formula is C13H18N2O2S. The number of methoxy groups -OCH3 is 1. The van der Waals surface area contributed by atoms with Crippen LogP contribution in [0.4, 0.5) is 5.13 Å². The van der Waals surface area contributed by atoms with Crippen molar-refractivity contribution in [2.45, 2.75) is 25.7 Å². The summed E-state index contributed by atoms with van der Waals surface area (Å²) in [6, 6.07) is 0. The normalized spacial score (nSPS) is 27.1. The third-order valence-corrected chi connectivity index (χ3v) is 4.91. The molecule has 5 heteroatoms. The topological polar surface area (TPSA) is 42.4 Å². The number of anilines is 1. The number of hydrogen-bond acceptors (Lipinski definition) is 5. The molecule has 1 aliphatic carbocycles. The van der Waals surface area contributed by atoms with E-state index in [0.29, 0.717) is 5.69 Å². The summed E-state index contributed by atoms with van der Waals surface area (Å²) in [6.45, 7) is 2.20. The smallest absolute Gasteiger partial charge is 0.357 e. The second-order valence-corrected chi connectivity index (χ2v) is 6.15.